The van der Waals surface area contributed by atoms with Crippen LogP contribution in [0.1, 0.15) is 45.9 Å². The monoisotopic (exact) mass is 320 g/mol. The van der Waals surface area contributed by atoms with Gasteiger partial charge in [-0.15, -0.1) is 0 Å². The molecular formula is C20H20N2O2. The third-order valence-corrected chi connectivity index (χ3v) is 4.32. The van der Waals surface area contributed by atoms with Crippen molar-refractivity contribution in [3.63, 3.8) is 0 Å². The van der Waals surface area contributed by atoms with E-state index in [-0.39, 0.29) is 5.97 Å². The van der Waals surface area contributed by atoms with E-state index in [4.69, 9.17) is 0 Å². The van der Waals surface area contributed by atoms with Gasteiger partial charge in [0.1, 0.15) is 0 Å². The Hall–Kier alpha value is -2.64. The molecule has 0 N–H and O–H groups in total. The molecule has 0 aliphatic carbocycles. The molecule has 1 atom stereocenters. The quantitative estimate of drug-likeness (QED) is 0.630. The molecule has 1 unspecified atom stereocenters. The topological polar surface area (TPSA) is 42.4 Å². The molecule has 1 saturated heterocycles. The van der Waals surface area contributed by atoms with Crippen LogP contribution in [0.3, 0.4) is 0 Å². The number of hydrogen-bond acceptors (Lipinski definition) is 4. The Kier molecular flexibility index (Phi) is 4.93. The molecule has 24 heavy (non-hydrogen) atoms. The standard InChI is InChI=1S/C20H20N2O2/c1-22-11-3-4-19(22)18-12-16(13-21-14-18)6-5-15-7-9-17(10-8-15)20(23)24-2/h7-10,12-14,19H,3-4,11H2,1-2H3. The number of methoxy groups -OCH3 is 1. The Balaban J connectivity index is 1.77. The second-order valence-electron chi connectivity index (χ2n) is 5.96. The number of nitrogens with zero attached hydrogens (tertiary/aromatic N) is 2. The summed E-state index contributed by atoms with van der Waals surface area (Å²) in [6.07, 6.45) is 6.12. The van der Waals surface area contributed by atoms with Crippen LogP contribution in [-0.2, 0) is 4.74 Å². The molecule has 1 aliphatic heterocycles. The van der Waals surface area contributed by atoms with Gasteiger partial charge in [0.15, 0.2) is 0 Å². The second kappa shape index (κ2) is 7.29. The summed E-state index contributed by atoms with van der Waals surface area (Å²) >= 11 is 0. The lowest BCUT2D eigenvalue weighted by molar-refractivity contribution is 0.0600. The molecule has 1 fully saturated rings. The molecule has 122 valence electrons. The van der Waals surface area contributed by atoms with E-state index in [0.717, 1.165) is 17.7 Å². The molecule has 2 aromatic rings. The van der Waals surface area contributed by atoms with Gasteiger partial charge in [0.05, 0.1) is 12.7 Å². The number of carbonyl (C=O) groups is 1. The van der Waals surface area contributed by atoms with Gasteiger partial charge in [-0.2, -0.15) is 0 Å². The predicted molar refractivity (Wildman–Crippen MR) is 92.6 cm³/mol. The maximum atomic E-state index is 11.4. The first-order valence-electron chi connectivity index (χ1n) is 8.03. The highest BCUT2D eigenvalue weighted by Crippen LogP contribution is 2.29. The van der Waals surface area contributed by atoms with Gasteiger partial charge < -0.3 is 4.74 Å². The molecule has 0 spiro atoms. The lowest BCUT2D eigenvalue weighted by atomic mass is 10.0. The summed E-state index contributed by atoms with van der Waals surface area (Å²) in [4.78, 5) is 18.1. The third-order valence-electron chi connectivity index (χ3n) is 4.32. The van der Waals surface area contributed by atoms with Crippen LogP contribution in [0.4, 0.5) is 0 Å². The van der Waals surface area contributed by atoms with E-state index in [2.05, 4.69) is 39.6 Å². The minimum Gasteiger partial charge on any atom is -0.465 e. The Morgan fingerprint density at radius 3 is 2.62 bits per heavy atom. The van der Waals surface area contributed by atoms with E-state index >= 15 is 0 Å². The Labute approximate surface area is 142 Å². The number of carbonyl (C=O) groups excluding carboxylic acids is 1. The first kappa shape index (κ1) is 16.2. The summed E-state index contributed by atoms with van der Waals surface area (Å²) in [6, 6.07) is 9.65. The highest BCUT2D eigenvalue weighted by molar-refractivity contribution is 5.89. The highest BCUT2D eigenvalue weighted by atomic mass is 16.5. The van der Waals surface area contributed by atoms with Crippen molar-refractivity contribution in [3.8, 4) is 11.8 Å². The van der Waals surface area contributed by atoms with Crippen molar-refractivity contribution >= 4 is 5.97 Å². The Morgan fingerprint density at radius 1 is 1.21 bits per heavy atom. The van der Waals surface area contributed by atoms with Crippen molar-refractivity contribution in [3.05, 3.63) is 65.0 Å². The van der Waals surface area contributed by atoms with E-state index in [9.17, 15) is 4.79 Å². The molecule has 4 nitrogen and oxygen atoms in total. The van der Waals surface area contributed by atoms with Crippen LogP contribution in [0, 0.1) is 11.8 Å². The fraction of sp³-hybridized carbons (Fsp3) is 0.300. The summed E-state index contributed by atoms with van der Waals surface area (Å²) in [6.45, 7) is 1.13. The average Bonchev–Trinajstić information content (AvgIpc) is 3.06. The minimum absolute atomic E-state index is 0.341. The van der Waals surface area contributed by atoms with Gasteiger partial charge in [-0.3, -0.25) is 9.88 Å². The molecule has 0 radical (unpaired) electrons. The smallest absolute Gasteiger partial charge is 0.337 e. The van der Waals surface area contributed by atoms with Crippen LogP contribution in [0.15, 0.2) is 42.7 Å². The fourth-order valence-electron chi connectivity index (χ4n) is 2.99. The largest absolute Gasteiger partial charge is 0.465 e. The van der Waals surface area contributed by atoms with Crippen molar-refractivity contribution in [2.24, 2.45) is 0 Å². The number of pyridine rings is 1. The minimum atomic E-state index is -0.341. The van der Waals surface area contributed by atoms with Gasteiger partial charge in [-0.1, -0.05) is 11.8 Å². The van der Waals surface area contributed by atoms with Crippen LogP contribution in [-0.4, -0.2) is 36.6 Å². The Bertz CT molecular complexity index is 787. The molecule has 2 heterocycles. The zero-order valence-corrected chi connectivity index (χ0v) is 14.0. The molecule has 1 aliphatic rings. The number of aromatic nitrogens is 1. The molecule has 0 amide bonds. The third kappa shape index (κ3) is 3.64. The van der Waals surface area contributed by atoms with Crippen LogP contribution >= 0.6 is 0 Å². The molecule has 0 saturated carbocycles. The molecule has 3 rings (SSSR count). The van der Waals surface area contributed by atoms with Crippen molar-refractivity contribution in [1.29, 1.82) is 0 Å². The van der Waals surface area contributed by atoms with Crippen molar-refractivity contribution in [2.75, 3.05) is 20.7 Å². The highest BCUT2D eigenvalue weighted by Gasteiger charge is 2.22. The molecule has 1 aromatic carbocycles. The number of ether oxygens (including phenoxy) is 1. The summed E-state index contributed by atoms with van der Waals surface area (Å²) in [7, 11) is 3.52. The van der Waals surface area contributed by atoms with E-state index in [0.29, 0.717) is 11.6 Å². The van der Waals surface area contributed by atoms with E-state index in [1.807, 2.05) is 18.3 Å². The number of rotatable bonds is 2. The molecular weight excluding hydrogens is 300 g/mol. The van der Waals surface area contributed by atoms with E-state index in [1.54, 1.807) is 18.3 Å². The van der Waals surface area contributed by atoms with Gasteiger partial charge in [0.2, 0.25) is 0 Å². The van der Waals surface area contributed by atoms with Crippen LogP contribution < -0.4 is 0 Å². The second-order valence-corrected chi connectivity index (χ2v) is 5.96. The van der Waals surface area contributed by atoms with Gasteiger partial charge in [0, 0.05) is 29.6 Å². The lowest BCUT2D eigenvalue weighted by Gasteiger charge is -2.19. The number of hydrogen-bond donors (Lipinski definition) is 0. The van der Waals surface area contributed by atoms with Gasteiger partial charge in [0.25, 0.3) is 0 Å². The fourth-order valence-corrected chi connectivity index (χ4v) is 2.99. The van der Waals surface area contributed by atoms with Crippen molar-refractivity contribution < 1.29 is 9.53 Å². The zero-order chi connectivity index (χ0) is 16.9. The zero-order valence-electron chi connectivity index (χ0n) is 14.0. The van der Waals surface area contributed by atoms with Crippen LogP contribution in [0.2, 0.25) is 0 Å². The van der Waals surface area contributed by atoms with Gasteiger partial charge in [-0.05, 0) is 62.3 Å². The van der Waals surface area contributed by atoms with Gasteiger partial charge >= 0.3 is 5.97 Å². The van der Waals surface area contributed by atoms with E-state index < -0.39 is 0 Å². The van der Waals surface area contributed by atoms with Crippen molar-refractivity contribution in [1.82, 2.24) is 9.88 Å². The lowest BCUT2D eigenvalue weighted by Crippen LogP contribution is -2.17. The van der Waals surface area contributed by atoms with Crippen LogP contribution in [0.25, 0.3) is 0 Å². The number of likely N-dealkylation sites (tertiary alicyclic amines) is 1. The summed E-state index contributed by atoms with van der Waals surface area (Å²) in [5.74, 6) is 5.93. The first-order valence-corrected chi connectivity index (χ1v) is 8.03. The average molecular weight is 320 g/mol. The van der Waals surface area contributed by atoms with Crippen molar-refractivity contribution in [2.45, 2.75) is 18.9 Å². The first-order chi connectivity index (χ1) is 11.7. The summed E-state index contributed by atoms with van der Waals surface area (Å²) in [5.41, 5.74) is 3.51. The number of benzene rings is 1. The van der Waals surface area contributed by atoms with Gasteiger partial charge in [-0.25, -0.2) is 4.79 Å². The summed E-state index contributed by atoms with van der Waals surface area (Å²) < 4.78 is 4.69. The maximum absolute atomic E-state index is 11.4. The Morgan fingerprint density at radius 2 is 1.96 bits per heavy atom. The molecule has 1 aromatic heterocycles. The van der Waals surface area contributed by atoms with Crippen LogP contribution in [0.5, 0.6) is 0 Å². The maximum Gasteiger partial charge on any atom is 0.337 e. The van der Waals surface area contributed by atoms with E-state index in [1.165, 1.54) is 25.5 Å². The normalized spacial score (nSPS) is 17.2. The molecule has 0 bridgehead atoms. The SMILES string of the molecule is COC(=O)c1ccc(C#Cc2cncc(C3CCCN3C)c2)cc1. The predicted octanol–water partition coefficient (Wildman–Crippen LogP) is 3.03. The number of esters is 1. The summed E-state index contributed by atoms with van der Waals surface area (Å²) in [5, 5.41) is 0. The molecule has 4 heteroatoms.